The van der Waals surface area contributed by atoms with Crippen LogP contribution in [-0.2, 0) is 0 Å². The van der Waals surface area contributed by atoms with Crippen molar-refractivity contribution in [1.29, 1.82) is 0 Å². The van der Waals surface area contributed by atoms with Gasteiger partial charge in [-0.25, -0.2) is 0 Å². The molecule has 6 aromatic heterocycles. The normalized spacial score (nSPS) is 12.6. The SMILES string of the molecule is c1ccc(-c2ccc(N(c3cc4c5c(c3)c3cccc6c3n5-c3c(cccc3O4)O6)c3cccc4oc5ccccc5c34)cc2)cc1.c1ccc(-c2ccc(N(c3ccc4c(c3)oc3ccccc34)c3cc4c5c(c3)c3cccc6c3n5-c3c(cccc3O4)O6)cc2)cc1.c1ccc(-c2ccc(N(c3ccc4oc5ccccc5c4c3)c3cc4c5c(c3)c3cccc6c3n5-c3c(cccc3O4)O6)cc2)cc1. The van der Waals surface area contributed by atoms with Gasteiger partial charge in [0, 0.05) is 112 Å². The number of nitrogens with zero attached hydrogens (tertiary/aromatic N) is 6. The summed E-state index contributed by atoms with van der Waals surface area (Å²) in [7, 11) is 0. The molecule has 0 spiro atoms. The summed E-state index contributed by atoms with van der Waals surface area (Å²) in [6.45, 7) is 0. The summed E-state index contributed by atoms with van der Waals surface area (Å²) in [5.41, 5.74) is 30.5. The van der Waals surface area contributed by atoms with Crippen molar-refractivity contribution in [1.82, 2.24) is 13.7 Å². The summed E-state index contributed by atoms with van der Waals surface area (Å²) in [6.07, 6.45) is 0. The molecule has 6 aliphatic rings. The lowest BCUT2D eigenvalue weighted by Gasteiger charge is -2.29. The number of aromatic nitrogens is 3. The van der Waals surface area contributed by atoms with E-state index in [0.717, 1.165) is 280 Å². The van der Waals surface area contributed by atoms with Crippen LogP contribution in [-0.4, -0.2) is 13.7 Å². The molecule has 0 fully saturated rings. The minimum atomic E-state index is 0.780. The van der Waals surface area contributed by atoms with Crippen LogP contribution in [0.5, 0.6) is 69.0 Å². The molecule has 15 nitrogen and oxygen atoms in total. The molecule has 15 heteroatoms. The summed E-state index contributed by atoms with van der Waals surface area (Å²) in [5, 5.41) is 13.2. The first-order chi connectivity index (χ1) is 69.9. The fourth-order valence-corrected chi connectivity index (χ4v) is 22.5. The van der Waals surface area contributed by atoms with Crippen LogP contribution in [0, 0.1) is 0 Å². The molecule has 21 aromatic carbocycles. The summed E-state index contributed by atoms with van der Waals surface area (Å²) >= 11 is 0. The van der Waals surface area contributed by atoms with Crippen LogP contribution < -0.4 is 43.1 Å². The molecule has 27 aromatic rings. The first-order valence-electron chi connectivity index (χ1n) is 47.3. The topological polar surface area (TPSA) is 119 Å². The number of para-hydroxylation sites is 9. The Balaban J connectivity index is 0.0000000972. The number of fused-ring (bicyclic) bond motifs is 12. The molecule has 0 bridgehead atoms. The van der Waals surface area contributed by atoms with Crippen molar-refractivity contribution in [3.05, 3.63) is 437 Å². The average molecular weight is 1810 g/mol. The molecule has 12 heterocycles. The quantitative estimate of drug-likeness (QED) is 0.116. The maximum absolute atomic E-state index is 6.73. The molecule has 33 rings (SSSR count). The first-order valence-corrected chi connectivity index (χ1v) is 47.3. The predicted octanol–water partition coefficient (Wildman–Crippen LogP) is 36.1. The highest BCUT2D eigenvalue weighted by atomic mass is 16.5. The standard InChI is InChI=1S/3C42H24N2O3/c1-2-9-25(10-3-1)26-19-21-27(22-20-26)43(32-13-7-15-34-39(32)30-11-4-5-14-33(30)45-34)28-23-31-29-12-6-16-35-40(29)44-41(31)38(24-28)47-37-18-8-17-36(46-35)42(37)44;1-2-8-25(9-3-1)26-16-18-27(19-17-26)43(28-20-21-31-30-10-4-5-12-34(30)45-38(31)23-28)29-22-33-32-11-6-13-35-40(32)44-41(33)39(24-29)47-37-15-7-14-36(46-35)42(37)44;1-2-8-25(9-3-1)26-16-18-27(19-17-26)43(28-20-21-35-32(22-28)30-10-4-5-12-34(30)45-35)29-23-33-31-11-6-13-36-40(31)44-41(33)39(24-29)47-38-15-7-14-37(46-36)42(38)44/h3*1-24H. The highest BCUT2D eigenvalue weighted by molar-refractivity contribution is 6.21. The zero-order chi connectivity index (χ0) is 91.9. The van der Waals surface area contributed by atoms with Crippen LogP contribution in [0.25, 0.3) is 182 Å². The Morgan fingerprint density at radius 1 is 0.149 bits per heavy atom. The maximum atomic E-state index is 6.73. The first kappa shape index (κ1) is 77.0. The molecular formula is C126H72N6O9. The van der Waals surface area contributed by atoms with E-state index in [1.165, 1.54) is 22.3 Å². The molecule has 0 saturated heterocycles. The van der Waals surface area contributed by atoms with E-state index in [1.807, 2.05) is 133 Å². The third-order valence-electron chi connectivity index (χ3n) is 28.6. The van der Waals surface area contributed by atoms with Gasteiger partial charge in [-0.1, -0.05) is 243 Å². The van der Waals surface area contributed by atoms with Crippen molar-refractivity contribution in [2.75, 3.05) is 14.7 Å². The molecule has 0 saturated carbocycles. The Hall–Kier alpha value is -19.4. The van der Waals surface area contributed by atoms with Crippen molar-refractivity contribution in [2.45, 2.75) is 0 Å². The van der Waals surface area contributed by atoms with E-state index < -0.39 is 0 Å². The molecule has 141 heavy (non-hydrogen) atoms. The largest absolute Gasteiger partial charge is 0.456 e. The summed E-state index contributed by atoms with van der Waals surface area (Å²) in [6, 6.07) is 152. The number of benzene rings is 21. The van der Waals surface area contributed by atoms with E-state index in [9.17, 15) is 0 Å². The highest BCUT2D eigenvalue weighted by Gasteiger charge is 2.38. The van der Waals surface area contributed by atoms with Gasteiger partial charge < -0.3 is 56.4 Å². The lowest BCUT2D eigenvalue weighted by atomic mass is 10.0. The van der Waals surface area contributed by atoms with Crippen molar-refractivity contribution >= 4 is 182 Å². The van der Waals surface area contributed by atoms with Gasteiger partial charge in [-0.15, -0.1) is 0 Å². The Bertz CT molecular complexity index is 10000. The average Bonchev–Trinajstić information content (AvgIpc) is 1.54. The summed E-state index contributed by atoms with van der Waals surface area (Å²) in [4.78, 5) is 6.92. The minimum Gasteiger partial charge on any atom is -0.456 e. The van der Waals surface area contributed by atoms with Gasteiger partial charge in [0.2, 0.25) is 0 Å². The summed E-state index contributed by atoms with van der Waals surface area (Å²) in [5.74, 6) is 9.72. The van der Waals surface area contributed by atoms with Gasteiger partial charge in [0.15, 0.2) is 69.0 Å². The second kappa shape index (κ2) is 29.6. The third kappa shape index (κ3) is 11.5. The molecule has 0 N–H and O–H groups in total. The fourth-order valence-electron chi connectivity index (χ4n) is 22.5. The van der Waals surface area contributed by atoms with Crippen molar-refractivity contribution < 1.29 is 41.7 Å². The van der Waals surface area contributed by atoms with Crippen molar-refractivity contribution in [3.8, 4) is 119 Å². The molecule has 0 radical (unpaired) electrons. The molecule has 0 amide bonds. The lowest BCUT2D eigenvalue weighted by molar-refractivity contribution is 0.443. The smallest absolute Gasteiger partial charge is 0.155 e. The van der Waals surface area contributed by atoms with Crippen LogP contribution in [0.2, 0.25) is 0 Å². The number of anilines is 9. The molecular weight excluding hydrogens is 1740 g/mol. The Morgan fingerprint density at radius 3 is 0.865 bits per heavy atom. The number of hydrogen-bond acceptors (Lipinski definition) is 12. The number of rotatable bonds is 12. The molecule has 660 valence electrons. The zero-order valence-corrected chi connectivity index (χ0v) is 74.9. The Labute approximate surface area is 803 Å². The maximum Gasteiger partial charge on any atom is 0.155 e. The Morgan fingerprint density at radius 2 is 0.426 bits per heavy atom. The number of ether oxygens (including phenoxy) is 6. The Kier molecular flexibility index (Phi) is 16.1. The van der Waals surface area contributed by atoms with E-state index in [2.05, 4.69) is 332 Å². The van der Waals surface area contributed by atoms with Crippen LogP contribution in [0.4, 0.5) is 51.2 Å². The highest BCUT2D eigenvalue weighted by Crippen LogP contribution is 2.61. The number of hydrogen-bond donors (Lipinski definition) is 0. The second-order valence-corrected chi connectivity index (χ2v) is 36.5. The van der Waals surface area contributed by atoms with Gasteiger partial charge >= 0.3 is 0 Å². The molecule has 0 atom stereocenters. The van der Waals surface area contributed by atoms with Crippen LogP contribution in [0.15, 0.2) is 450 Å². The zero-order valence-electron chi connectivity index (χ0n) is 74.9. The van der Waals surface area contributed by atoms with Gasteiger partial charge in [0.25, 0.3) is 0 Å². The minimum absolute atomic E-state index is 0.780. The molecule has 0 aliphatic carbocycles. The van der Waals surface area contributed by atoms with Gasteiger partial charge in [-0.05, 0) is 203 Å². The van der Waals surface area contributed by atoms with Gasteiger partial charge in [-0.3, -0.25) is 13.7 Å². The van der Waals surface area contributed by atoms with E-state index in [-0.39, 0.29) is 0 Å². The molecule has 6 aliphatic heterocycles. The van der Waals surface area contributed by atoms with E-state index in [0.29, 0.717) is 0 Å². The van der Waals surface area contributed by atoms with Crippen LogP contribution in [0.3, 0.4) is 0 Å². The van der Waals surface area contributed by atoms with Gasteiger partial charge in [0.1, 0.15) is 50.6 Å². The van der Waals surface area contributed by atoms with Crippen molar-refractivity contribution in [2.24, 2.45) is 0 Å². The predicted molar refractivity (Wildman–Crippen MR) is 565 cm³/mol. The number of furan rings is 3. The second-order valence-electron chi connectivity index (χ2n) is 36.5. The van der Waals surface area contributed by atoms with E-state index >= 15 is 0 Å². The van der Waals surface area contributed by atoms with Gasteiger partial charge in [0.05, 0.1) is 61.2 Å². The summed E-state index contributed by atoms with van der Waals surface area (Å²) < 4.78 is 65.2. The monoisotopic (exact) mass is 1810 g/mol. The van der Waals surface area contributed by atoms with E-state index in [4.69, 9.17) is 41.7 Å². The molecule has 0 unspecified atom stereocenters. The van der Waals surface area contributed by atoms with Gasteiger partial charge in [-0.2, -0.15) is 0 Å². The fraction of sp³-hybridized carbons (Fsp3) is 0. The van der Waals surface area contributed by atoms with Crippen LogP contribution >= 0.6 is 0 Å². The lowest BCUT2D eigenvalue weighted by Crippen LogP contribution is -2.12. The van der Waals surface area contributed by atoms with Crippen LogP contribution in [0.1, 0.15) is 0 Å². The third-order valence-corrected chi connectivity index (χ3v) is 28.6. The van der Waals surface area contributed by atoms with Crippen molar-refractivity contribution in [3.63, 3.8) is 0 Å². The van der Waals surface area contributed by atoms with E-state index in [1.54, 1.807) is 0 Å².